The highest BCUT2D eigenvalue weighted by molar-refractivity contribution is 9.10. The Balaban J connectivity index is 1.20. The molecular formula is C34H19BrO10. The first-order valence-electron chi connectivity index (χ1n) is 13.4. The SMILES string of the molecule is C#CCOc1ccc2c(c1)Oc1cc(OC(=O)OCc3cc(=O)oc4cc(O)c(Br)cc34)ccc1C21OC(=O)c2ccccc21. The molecule has 45 heavy (non-hydrogen) atoms. The normalized spacial score (nSPS) is 15.7. The molecule has 2 aliphatic rings. The molecule has 7 rings (SSSR count). The number of esters is 1. The summed E-state index contributed by atoms with van der Waals surface area (Å²) in [4.78, 5) is 37.9. The third-order valence-electron chi connectivity index (χ3n) is 7.42. The lowest BCUT2D eigenvalue weighted by Gasteiger charge is -2.36. The maximum atomic E-state index is 13.1. The first kappa shape index (κ1) is 28.1. The molecule has 0 amide bonds. The van der Waals surface area contributed by atoms with E-state index in [-0.39, 0.29) is 36.0 Å². The lowest BCUT2D eigenvalue weighted by molar-refractivity contribution is 0.0224. The monoisotopic (exact) mass is 666 g/mol. The van der Waals surface area contributed by atoms with Crippen molar-refractivity contribution in [2.75, 3.05) is 6.61 Å². The fourth-order valence-electron chi connectivity index (χ4n) is 5.53. The first-order chi connectivity index (χ1) is 21.8. The van der Waals surface area contributed by atoms with Crippen LogP contribution >= 0.6 is 15.9 Å². The number of carbonyl (C=O) groups excluding carboxylic acids is 2. The molecule has 2 aliphatic heterocycles. The van der Waals surface area contributed by atoms with E-state index in [4.69, 9.17) is 34.5 Å². The van der Waals surface area contributed by atoms with Crippen LogP contribution in [0.25, 0.3) is 11.0 Å². The van der Waals surface area contributed by atoms with Crippen LogP contribution in [0.15, 0.2) is 92.5 Å². The van der Waals surface area contributed by atoms with Gasteiger partial charge in [-0.05, 0) is 52.3 Å². The van der Waals surface area contributed by atoms with E-state index in [0.717, 1.165) is 0 Å². The second kappa shape index (κ2) is 10.8. The van der Waals surface area contributed by atoms with Gasteiger partial charge < -0.3 is 33.2 Å². The number of hydrogen-bond donors (Lipinski definition) is 1. The number of halogens is 1. The molecule has 5 aromatic rings. The Hall–Kier alpha value is -5.73. The first-order valence-corrected chi connectivity index (χ1v) is 14.2. The molecular weight excluding hydrogens is 648 g/mol. The van der Waals surface area contributed by atoms with Crippen molar-refractivity contribution in [3.05, 3.63) is 122 Å². The summed E-state index contributed by atoms with van der Waals surface area (Å²) in [6, 6.07) is 20.9. The van der Waals surface area contributed by atoms with Gasteiger partial charge in [0.2, 0.25) is 0 Å². The van der Waals surface area contributed by atoms with Crippen LogP contribution in [-0.2, 0) is 21.7 Å². The van der Waals surface area contributed by atoms with E-state index in [2.05, 4.69) is 21.9 Å². The Kier molecular flexibility index (Phi) is 6.71. The van der Waals surface area contributed by atoms with Gasteiger partial charge >= 0.3 is 17.8 Å². The van der Waals surface area contributed by atoms with E-state index < -0.39 is 23.4 Å². The van der Waals surface area contributed by atoms with E-state index in [0.29, 0.717) is 49.2 Å². The van der Waals surface area contributed by atoms with Crippen LogP contribution in [0.4, 0.5) is 4.79 Å². The Morgan fingerprint density at radius 1 is 0.933 bits per heavy atom. The molecule has 1 spiro atoms. The molecule has 10 nitrogen and oxygen atoms in total. The Morgan fingerprint density at radius 2 is 1.67 bits per heavy atom. The molecule has 0 fully saturated rings. The van der Waals surface area contributed by atoms with Crippen molar-refractivity contribution in [3.8, 4) is 41.1 Å². The second-order valence-corrected chi connectivity index (χ2v) is 10.9. The summed E-state index contributed by atoms with van der Waals surface area (Å²) in [5.41, 5.74) is 0.589. The molecule has 0 bridgehead atoms. The molecule has 3 heterocycles. The lowest BCUT2D eigenvalue weighted by Crippen LogP contribution is -2.33. The maximum Gasteiger partial charge on any atom is 0.514 e. The number of hydrogen-bond acceptors (Lipinski definition) is 10. The minimum absolute atomic E-state index is 0.0435. The van der Waals surface area contributed by atoms with E-state index >= 15 is 0 Å². The number of aromatic hydroxyl groups is 1. The Labute approximate surface area is 262 Å². The molecule has 4 aromatic carbocycles. The summed E-state index contributed by atoms with van der Waals surface area (Å²) < 4.78 is 34.2. The zero-order chi connectivity index (χ0) is 31.3. The molecule has 1 N–H and O–H groups in total. The van der Waals surface area contributed by atoms with Gasteiger partial charge in [0.1, 0.15) is 47.5 Å². The van der Waals surface area contributed by atoms with Crippen molar-refractivity contribution in [3.63, 3.8) is 0 Å². The fraction of sp³-hybridized carbons (Fsp3) is 0.0882. The van der Waals surface area contributed by atoms with Gasteiger partial charge in [-0.1, -0.05) is 24.1 Å². The highest BCUT2D eigenvalue weighted by Crippen LogP contribution is 2.57. The van der Waals surface area contributed by atoms with Crippen molar-refractivity contribution in [1.82, 2.24) is 0 Å². The summed E-state index contributed by atoms with van der Waals surface area (Å²) in [5, 5.41) is 10.4. The highest BCUT2D eigenvalue weighted by atomic mass is 79.9. The number of phenolic OH excluding ortho intramolecular Hbond substituents is 1. The molecule has 222 valence electrons. The van der Waals surface area contributed by atoms with Gasteiger partial charge in [0.15, 0.2) is 5.60 Å². The van der Waals surface area contributed by atoms with Gasteiger partial charge in [0.05, 0.1) is 10.0 Å². The van der Waals surface area contributed by atoms with E-state index in [1.165, 1.54) is 24.3 Å². The molecule has 1 aromatic heterocycles. The summed E-state index contributed by atoms with van der Waals surface area (Å²) in [5.74, 6) is 2.96. The summed E-state index contributed by atoms with van der Waals surface area (Å²) in [6.07, 6.45) is 4.30. The zero-order valence-electron chi connectivity index (χ0n) is 23.0. The van der Waals surface area contributed by atoms with Crippen molar-refractivity contribution < 1.29 is 42.8 Å². The third-order valence-corrected chi connectivity index (χ3v) is 8.06. The minimum atomic E-state index is -1.33. The number of phenols is 1. The van der Waals surface area contributed by atoms with Gasteiger partial charge in [-0.15, -0.1) is 6.42 Å². The number of terminal acetylenes is 1. The zero-order valence-corrected chi connectivity index (χ0v) is 24.6. The molecule has 1 atom stereocenters. The van der Waals surface area contributed by atoms with Crippen LogP contribution < -0.4 is 19.8 Å². The van der Waals surface area contributed by atoms with Crippen LogP contribution in [0.5, 0.6) is 28.7 Å². The molecule has 0 saturated heterocycles. The molecule has 0 aliphatic carbocycles. The quantitative estimate of drug-likeness (QED) is 0.0952. The van der Waals surface area contributed by atoms with Crippen LogP contribution in [0.3, 0.4) is 0 Å². The third kappa shape index (κ3) is 4.72. The van der Waals surface area contributed by atoms with Gasteiger partial charge in [-0.25, -0.2) is 14.4 Å². The molecule has 0 saturated carbocycles. The van der Waals surface area contributed by atoms with Crippen molar-refractivity contribution in [2.45, 2.75) is 12.2 Å². The van der Waals surface area contributed by atoms with Gasteiger partial charge in [0.25, 0.3) is 0 Å². The minimum Gasteiger partial charge on any atom is -0.507 e. The number of carbonyl (C=O) groups is 2. The van der Waals surface area contributed by atoms with Crippen LogP contribution in [0.1, 0.15) is 32.6 Å². The van der Waals surface area contributed by atoms with Gasteiger partial charge in [0, 0.05) is 51.9 Å². The summed E-state index contributed by atoms with van der Waals surface area (Å²) in [7, 11) is 0. The van der Waals surface area contributed by atoms with Gasteiger partial charge in [-0.2, -0.15) is 0 Å². The second-order valence-electron chi connectivity index (χ2n) is 10.1. The van der Waals surface area contributed by atoms with Crippen LogP contribution in [0, 0.1) is 12.3 Å². The van der Waals surface area contributed by atoms with E-state index in [9.17, 15) is 19.5 Å². The van der Waals surface area contributed by atoms with Crippen molar-refractivity contribution in [2.24, 2.45) is 0 Å². The fourth-order valence-corrected chi connectivity index (χ4v) is 5.88. The average molecular weight is 667 g/mol. The van der Waals surface area contributed by atoms with E-state index in [1.54, 1.807) is 42.5 Å². The van der Waals surface area contributed by atoms with Gasteiger partial charge in [-0.3, -0.25) is 0 Å². The topological polar surface area (TPSA) is 131 Å². The largest absolute Gasteiger partial charge is 0.514 e. The molecule has 11 heteroatoms. The van der Waals surface area contributed by atoms with Crippen LogP contribution in [0.2, 0.25) is 0 Å². The standard InChI is InChI=1S/C34H19BrO10/c1-2-11-40-19-7-9-24-29(13-19)43-30-14-20(8-10-25(30)34(24)23-6-4-3-5-21(23)32(38)45-34)42-33(39)41-17-18-12-31(37)44-28-16-27(36)26(35)15-22(18)28/h1,3-10,12-16,36H,11,17H2. The molecule has 0 radical (unpaired) electrons. The predicted octanol–water partition coefficient (Wildman–Crippen LogP) is 6.56. The number of ether oxygens (including phenoxy) is 5. The van der Waals surface area contributed by atoms with Crippen molar-refractivity contribution in [1.29, 1.82) is 0 Å². The Bertz CT molecular complexity index is 2160. The summed E-state index contributed by atoms with van der Waals surface area (Å²) in [6.45, 7) is -0.273. The van der Waals surface area contributed by atoms with Crippen molar-refractivity contribution >= 4 is 39.0 Å². The molecule has 1 unspecified atom stereocenters. The Morgan fingerprint density at radius 3 is 2.44 bits per heavy atom. The smallest absolute Gasteiger partial charge is 0.507 e. The maximum absolute atomic E-state index is 13.1. The highest BCUT2D eigenvalue weighted by Gasteiger charge is 2.53. The number of fused-ring (bicyclic) bond motifs is 7. The average Bonchev–Trinajstić information content (AvgIpc) is 3.32. The lowest BCUT2D eigenvalue weighted by atomic mass is 9.77. The predicted molar refractivity (Wildman–Crippen MR) is 162 cm³/mol. The number of benzene rings is 4. The summed E-state index contributed by atoms with van der Waals surface area (Å²) >= 11 is 3.23. The number of rotatable bonds is 5. The van der Waals surface area contributed by atoms with Crippen LogP contribution in [-0.4, -0.2) is 23.8 Å². The van der Waals surface area contributed by atoms with E-state index in [1.807, 2.05) is 12.1 Å².